The molecule has 4 aromatic rings. The molecule has 1 amide bonds. The van der Waals surface area contributed by atoms with Crippen LogP contribution in [-0.2, 0) is 4.79 Å². The average Bonchev–Trinajstić information content (AvgIpc) is 3.39. The van der Waals surface area contributed by atoms with Crippen LogP contribution in [0.15, 0.2) is 79.1 Å². The van der Waals surface area contributed by atoms with Gasteiger partial charge in [-0.2, -0.15) is 0 Å². The molecule has 0 saturated carbocycles. The predicted molar refractivity (Wildman–Crippen MR) is 150 cm³/mol. The molecule has 1 aromatic carbocycles. The zero-order valence-corrected chi connectivity index (χ0v) is 22.0. The maximum absolute atomic E-state index is 12.8. The van der Waals surface area contributed by atoms with Crippen molar-refractivity contribution in [2.75, 3.05) is 11.9 Å². The van der Waals surface area contributed by atoms with Crippen molar-refractivity contribution < 1.29 is 4.79 Å². The van der Waals surface area contributed by atoms with Crippen LogP contribution in [0.25, 0.3) is 5.82 Å². The van der Waals surface area contributed by atoms with Gasteiger partial charge in [0.05, 0.1) is 17.8 Å². The van der Waals surface area contributed by atoms with Gasteiger partial charge in [-0.05, 0) is 80.5 Å². The molecule has 0 unspecified atom stereocenters. The Hall–Kier alpha value is -4.04. The van der Waals surface area contributed by atoms with Crippen molar-refractivity contribution in [1.29, 1.82) is 0 Å². The van der Waals surface area contributed by atoms with Gasteiger partial charge in [0.25, 0.3) is 0 Å². The minimum atomic E-state index is -0.147. The van der Waals surface area contributed by atoms with Crippen LogP contribution in [0.2, 0.25) is 0 Å². The number of thiocarbonyl (C=S) groups is 1. The number of nitrogens with one attached hydrogen (secondary N) is 2. The maximum Gasteiger partial charge on any atom is 0.226 e. The number of amides is 1. The molecular weight excluding hydrogens is 480 g/mol. The van der Waals surface area contributed by atoms with Crippen LogP contribution >= 0.6 is 12.2 Å². The number of rotatable bonds is 7. The summed E-state index contributed by atoms with van der Waals surface area (Å²) in [6.45, 7) is 6.71. The highest BCUT2D eigenvalue weighted by atomic mass is 32.1. The van der Waals surface area contributed by atoms with Gasteiger partial charge in [0.2, 0.25) is 5.91 Å². The Balaban J connectivity index is 1.47. The molecule has 0 radical (unpaired) electrons. The molecule has 188 valence electrons. The molecule has 5 rings (SSSR count). The SMILES string of the molecule is Cc1ccc(-n2c(C)cc([C@@H]3[C@@H](c4ccccn4)NC(=S)N3CCC(=O)Nc3ccccc3)c2C)nc1. The summed E-state index contributed by atoms with van der Waals surface area (Å²) in [5.41, 5.74) is 6.11. The summed E-state index contributed by atoms with van der Waals surface area (Å²) >= 11 is 5.80. The van der Waals surface area contributed by atoms with Crippen molar-refractivity contribution in [1.82, 2.24) is 24.8 Å². The minimum Gasteiger partial charge on any atom is -0.352 e. The van der Waals surface area contributed by atoms with Crippen molar-refractivity contribution >= 4 is 28.9 Å². The van der Waals surface area contributed by atoms with Crippen LogP contribution < -0.4 is 10.6 Å². The first-order chi connectivity index (χ1) is 17.9. The van der Waals surface area contributed by atoms with E-state index in [-0.39, 0.29) is 18.0 Å². The molecule has 1 fully saturated rings. The van der Waals surface area contributed by atoms with Crippen LogP contribution in [0.1, 0.15) is 46.7 Å². The number of carbonyl (C=O) groups is 1. The predicted octanol–water partition coefficient (Wildman–Crippen LogP) is 5.19. The van der Waals surface area contributed by atoms with Gasteiger partial charge in [-0.15, -0.1) is 0 Å². The van der Waals surface area contributed by atoms with Crippen molar-refractivity contribution in [3.05, 3.63) is 107 Å². The molecule has 1 aliphatic rings. The van der Waals surface area contributed by atoms with E-state index in [0.717, 1.165) is 39.7 Å². The van der Waals surface area contributed by atoms with Gasteiger partial charge in [-0.1, -0.05) is 30.3 Å². The first-order valence-electron chi connectivity index (χ1n) is 12.4. The molecule has 3 aromatic heterocycles. The van der Waals surface area contributed by atoms with Crippen LogP contribution in [0, 0.1) is 20.8 Å². The van der Waals surface area contributed by atoms with Crippen LogP contribution in [0.4, 0.5) is 5.69 Å². The van der Waals surface area contributed by atoms with E-state index < -0.39 is 0 Å². The first kappa shape index (κ1) is 24.6. The van der Waals surface area contributed by atoms with Gasteiger partial charge in [0.15, 0.2) is 5.11 Å². The Morgan fingerprint density at radius 1 is 1.03 bits per heavy atom. The van der Waals surface area contributed by atoms with Crippen LogP contribution in [-0.4, -0.2) is 37.0 Å². The van der Waals surface area contributed by atoms with Crippen molar-refractivity contribution in [2.24, 2.45) is 0 Å². The quantitative estimate of drug-likeness (QED) is 0.333. The van der Waals surface area contributed by atoms with Gasteiger partial charge >= 0.3 is 0 Å². The third kappa shape index (κ3) is 5.11. The van der Waals surface area contributed by atoms with E-state index in [2.05, 4.69) is 56.0 Å². The second-order valence-electron chi connectivity index (χ2n) is 9.34. The number of aryl methyl sites for hydroxylation is 2. The summed E-state index contributed by atoms with van der Waals surface area (Å²) in [6, 6.07) is 21.4. The van der Waals surface area contributed by atoms with Crippen LogP contribution in [0.3, 0.4) is 0 Å². The van der Waals surface area contributed by atoms with E-state index in [9.17, 15) is 4.79 Å². The fourth-order valence-corrected chi connectivity index (χ4v) is 5.32. The topological polar surface area (TPSA) is 75.1 Å². The molecule has 0 aliphatic carbocycles. The van der Waals surface area contributed by atoms with Crippen molar-refractivity contribution in [2.45, 2.75) is 39.3 Å². The Labute approximate surface area is 222 Å². The summed E-state index contributed by atoms with van der Waals surface area (Å²) in [5.74, 6) is 0.826. The van der Waals surface area contributed by atoms with E-state index >= 15 is 0 Å². The number of benzene rings is 1. The number of para-hydroxylation sites is 1. The van der Waals surface area contributed by atoms with Gasteiger partial charge in [0, 0.05) is 42.4 Å². The molecule has 7 nitrogen and oxygen atoms in total. The molecule has 8 heteroatoms. The van der Waals surface area contributed by atoms with Gasteiger partial charge in [-0.3, -0.25) is 9.78 Å². The second kappa shape index (κ2) is 10.5. The second-order valence-corrected chi connectivity index (χ2v) is 9.73. The first-order valence-corrected chi connectivity index (χ1v) is 12.8. The third-order valence-corrected chi connectivity index (χ3v) is 7.10. The monoisotopic (exact) mass is 510 g/mol. The molecule has 37 heavy (non-hydrogen) atoms. The molecule has 4 heterocycles. The zero-order valence-electron chi connectivity index (χ0n) is 21.2. The maximum atomic E-state index is 12.8. The van der Waals surface area contributed by atoms with Crippen molar-refractivity contribution in [3.63, 3.8) is 0 Å². The number of nitrogens with zero attached hydrogens (tertiary/aromatic N) is 4. The van der Waals surface area contributed by atoms with Crippen LogP contribution in [0.5, 0.6) is 0 Å². The van der Waals surface area contributed by atoms with E-state index in [0.29, 0.717) is 18.1 Å². The highest BCUT2D eigenvalue weighted by Gasteiger charge is 2.41. The molecule has 2 N–H and O–H groups in total. The third-order valence-electron chi connectivity index (χ3n) is 6.75. The molecule has 1 saturated heterocycles. The van der Waals surface area contributed by atoms with E-state index in [1.807, 2.05) is 67.7 Å². The fourth-order valence-electron chi connectivity index (χ4n) is 4.98. The lowest BCUT2D eigenvalue weighted by Crippen LogP contribution is -2.32. The summed E-state index contributed by atoms with van der Waals surface area (Å²) in [7, 11) is 0. The molecule has 1 aliphatic heterocycles. The lowest BCUT2D eigenvalue weighted by atomic mass is 9.96. The summed E-state index contributed by atoms with van der Waals surface area (Å²) < 4.78 is 2.17. The van der Waals surface area contributed by atoms with Gasteiger partial charge in [0.1, 0.15) is 5.82 Å². The smallest absolute Gasteiger partial charge is 0.226 e. The summed E-state index contributed by atoms with van der Waals surface area (Å²) in [4.78, 5) is 24.2. The zero-order chi connectivity index (χ0) is 25.9. The normalized spacial score (nSPS) is 17.1. The standard InChI is InChI=1S/C29H30N6OS/c1-19-12-13-25(31-18-19)35-20(2)17-23(21(35)3)28-27(24-11-7-8-15-30-24)33-29(37)34(28)16-14-26(36)32-22-9-5-4-6-10-22/h4-13,15,17-18,27-28H,14,16H2,1-3H3,(H,32,36)(H,33,37)/t27-,28-/m1/s1. The molecule has 0 bridgehead atoms. The molecule has 0 spiro atoms. The molecule has 2 atom stereocenters. The number of aromatic nitrogens is 3. The summed E-state index contributed by atoms with van der Waals surface area (Å²) in [5, 5.41) is 7.08. The number of hydrogen-bond donors (Lipinski definition) is 2. The van der Waals surface area contributed by atoms with Gasteiger partial charge < -0.3 is 20.1 Å². The summed E-state index contributed by atoms with van der Waals surface area (Å²) in [6.07, 6.45) is 3.99. The lowest BCUT2D eigenvalue weighted by Gasteiger charge is -2.28. The van der Waals surface area contributed by atoms with E-state index in [1.165, 1.54) is 0 Å². The lowest BCUT2D eigenvalue weighted by molar-refractivity contribution is -0.116. The van der Waals surface area contributed by atoms with E-state index in [1.54, 1.807) is 6.20 Å². The van der Waals surface area contributed by atoms with E-state index in [4.69, 9.17) is 12.2 Å². The highest BCUT2D eigenvalue weighted by Crippen LogP contribution is 2.41. The Morgan fingerprint density at radius 3 is 2.51 bits per heavy atom. The number of anilines is 1. The highest BCUT2D eigenvalue weighted by molar-refractivity contribution is 7.80. The van der Waals surface area contributed by atoms with Crippen molar-refractivity contribution in [3.8, 4) is 5.82 Å². The number of pyridine rings is 2. The fraction of sp³-hybridized carbons (Fsp3) is 0.241. The largest absolute Gasteiger partial charge is 0.352 e. The molecular formula is C29H30N6OS. The number of carbonyl (C=O) groups excluding carboxylic acids is 1. The Bertz CT molecular complexity index is 1400. The minimum absolute atomic E-state index is 0.0524. The Kier molecular flexibility index (Phi) is 7.01. The Morgan fingerprint density at radius 2 is 1.81 bits per heavy atom. The van der Waals surface area contributed by atoms with Gasteiger partial charge in [-0.25, -0.2) is 4.98 Å². The average molecular weight is 511 g/mol. The number of hydrogen-bond acceptors (Lipinski definition) is 4.